The van der Waals surface area contributed by atoms with Crippen LogP contribution in [0.3, 0.4) is 0 Å². The first-order valence-corrected chi connectivity index (χ1v) is 7.71. The molecule has 6 heteroatoms. The Balaban J connectivity index is 1.74. The first-order chi connectivity index (χ1) is 12.6. The van der Waals surface area contributed by atoms with Gasteiger partial charge in [-0.2, -0.15) is 0 Å². The molecule has 128 valence electrons. The van der Waals surface area contributed by atoms with Gasteiger partial charge < -0.3 is 9.72 Å². The highest BCUT2D eigenvalue weighted by atomic mass is 16.6. The number of nitro benzene ring substituents is 1. The summed E-state index contributed by atoms with van der Waals surface area (Å²) in [6.45, 7) is 0. The van der Waals surface area contributed by atoms with Crippen LogP contribution in [-0.4, -0.2) is 22.8 Å². The van der Waals surface area contributed by atoms with Crippen molar-refractivity contribution in [2.75, 3.05) is 7.11 Å². The predicted molar refractivity (Wildman–Crippen MR) is 97.1 cm³/mol. The average molecular weight is 346 g/mol. The van der Waals surface area contributed by atoms with Gasteiger partial charge in [-0.3, -0.25) is 14.9 Å². The second-order valence-electron chi connectivity index (χ2n) is 5.40. The third-order valence-electron chi connectivity index (χ3n) is 3.74. The van der Waals surface area contributed by atoms with E-state index in [1.165, 1.54) is 24.3 Å². The van der Waals surface area contributed by atoms with Crippen molar-refractivity contribution in [1.29, 1.82) is 0 Å². The maximum Gasteiger partial charge on any atom is 0.269 e. The number of nitro groups is 1. The molecule has 0 spiro atoms. The smallest absolute Gasteiger partial charge is 0.269 e. The number of nitrogens with one attached hydrogen (secondary N) is 1. The van der Waals surface area contributed by atoms with Crippen LogP contribution in [0, 0.1) is 22.0 Å². The van der Waals surface area contributed by atoms with Crippen LogP contribution < -0.4 is 4.74 Å². The Morgan fingerprint density at radius 3 is 2.35 bits per heavy atom. The standard InChI is InChI=1S/C20H14N2O4/c1-26-18-10-4-14(5-11-18)19-12-6-16(21-19)7-13-20(23)15-2-8-17(9-3-15)22(24)25/h2-6,8-12,21H,1H3. The zero-order valence-electron chi connectivity index (χ0n) is 13.9. The van der Waals surface area contributed by atoms with Crippen molar-refractivity contribution in [2.24, 2.45) is 0 Å². The van der Waals surface area contributed by atoms with Crippen molar-refractivity contribution in [2.45, 2.75) is 0 Å². The molecule has 3 aromatic rings. The monoisotopic (exact) mass is 346 g/mol. The molecule has 0 aliphatic heterocycles. The Morgan fingerprint density at radius 2 is 1.73 bits per heavy atom. The fraction of sp³-hybridized carbons (Fsp3) is 0.0500. The van der Waals surface area contributed by atoms with Crippen LogP contribution in [0.4, 0.5) is 5.69 Å². The van der Waals surface area contributed by atoms with E-state index in [1.807, 2.05) is 30.3 Å². The predicted octanol–water partition coefficient (Wildman–Crippen LogP) is 3.83. The summed E-state index contributed by atoms with van der Waals surface area (Å²) >= 11 is 0. The van der Waals surface area contributed by atoms with Gasteiger partial charge in [0, 0.05) is 23.4 Å². The zero-order valence-corrected chi connectivity index (χ0v) is 13.9. The maximum atomic E-state index is 12.1. The Labute approximate surface area is 149 Å². The van der Waals surface area contributed by atoms with Gasteiger partial charge in [-0.25, -0.2) is 0 Å². The topological polar surface area (TPSA) is 85.2 Å². The van der Waals surface area contributed by atoms with E-state index in [0.29, 0.717) is 11.3 Å². The molecule has 0 saturated heterocycles. The number of nitrogens with zero attached hydrogens (tertiary/aromatic N) is 1. The molecule has 0 amide bonds. The molecule has 0 bridgehead atoms. The number of ketones is 1. The molecule has 26 heavy (non-hydrogen) atoms. The molecule has 0 unspecified atom stereocenters. The minimum atomic E-state index is -0.514. The quantitative estimate of drug-likeness (QED) is 0.337. The molecule has 6 nitrogen and oxygen atoms in total. The van der Waals surface area contributed by atoms with Crippen molar-refractivity contribution in [1.82, 2.24) is 4.98 Å². The van der Waals surface area contributed by atoms with Crippen LogP contribution >= 0.6 is 0 Å². The molecule has 1 aromatic heterocycles. The number of hydrogen-bond donors (Lipinski definition) is 1. The second kappa shape index (κ2) is 7.36. The molecule has 0 fully saturated rings. The van der Waals surface area contributed by atoms with Gasteiger partial charge in [0.05, 0.1) is 17.7 Å². The summed E-state index contributed by atoms with van der Waals surface area (Å²) in [6, 6.07) is 16.6. The number of aromatic amines is 1. The lowest BCUT2D eigenvalue weighted by Crippen LogP contribution is -1.96. The number of hydrogen-bond acceptors (Lipinski definition) is 4. The van der Waals surface area contributed by atoms with E-state index >= 15 is 0 Å². The third-order valence-corrected chi connectivity index (χ3v) is 3.74. The number of rotatable bonds is 4. The lowest BCUT2D eigenvalue weighted by Gasteiger charge is -2.01. The molecular weight excluding hydrogens is 332 g/mol. The van der Waals surface area contributed by atoms with Crippen LogP contribution in [0.2, 0.25) is 0 Å². The van der Waals surface area contributed by atoms with E-state index in [4.69, 9.17) is 4.74 Å². The normalized spacial score (nSPS) is 9.88. The van der Waals surface area contributed by atoms with Gasteiger partial charge >= 0.3 is 0 Å². The number of H-pyrrole nitrogens is 1. The van der Waals surface area contributed by atoms with Crippen LogP contribution in [-0.2, 0) is 0 Å². The van der Waals surface area contributed by atoms with E-state index in [1.54, 1.807) is 13.2 Å². The molecule has 1 N–H and O–H groups in total. The second-order valence-corrected chi connectivity index (χ2v) is 5.40. The van der Waals surface area contributed by atoms with Gasteiger partial charge in [0.25, 0.3) is 5.69 Å². The number of ether oxygens (including phenoxy) is 1. The minimum absolute atomic E-state index is 0.0667. The number of carbonyl (C=O) groups is 1. The highest BCUT2D eigenvalue weighted by molar-refractivity contribution is 6.09. The highest BCUT2D eigenvalue weighted by Crippen LogP contribution is 2.21. The van der Waals surface area contributed by atoms with Crippen LogP contribution in [0.25, 0.3) is 11.3 Å². The molecule has 0 aliphatic carbocycles. The SMILES string of the molecule is COc1ccc(-c2ccc(C#CC(=O)c3ccc([N+](=O)[O-])cc3)[nH]2)cc1. The molecule has 3 rings (SSSR count). The molecule has 1 heterocycles. The first kappa shape index (κ1) is 17.0. The van der Waals surface area contributed by atoms with Crippen molar-refractivity contribution in [3.63, 3.8) is 0 Å². The molecular formula is C20H14N2O4. The van der Waals surface area contributed by atoms with Crippen LogP contribution in [0.5, 0.6) is 5.75 Å². The van der Waals surface area contributed by atoms with Crippen LogP contribution in [0.15, 0.2) is 60.7 Å². The summed E-state index contributed by atoms with van der Waals surface area (Å²) < 4.78 is 5.13. The number of non-ortho nitro benzene ring substituents is 1. The number of Topliss-reactive ketones (excluding diaryl/α,β-unsaturated/α-hetero) is 1. The fourth-order valence-electron chi connectivity index (χ4n) is 2.34. The lowest BCUT2D eigenvalue weighted by molar-refractivity contribution is -0.384. The number of aromatic nitrogens is 1. The van der Waals surface area contributed by atoms with E-state index < -0.39 is 10.7 Å². The van der Waals surface area contributed by atoms with Crippen molar-refractivity contribution in [3.8, 4) is 28.8 Å². The summed E-state index contributed by atoms with van der Waals surface area (Å²) in [6.07, 6.45) is 0. The third kappa shape index (κ3) is 3.79. The van der Waals surface area contributed by atoms with Crippen molar-refractivity contribution in [3.05, 3.63) is 82.0 Å². The number of carbonyl (C=O) groups excluding carboxylic acids is 1. The number of benzene rings is 2. The van der Waals surface area contributed by atoms with Crippen molar-refractivity contribution < 1.29 is 14.5 Å². The van der Waals surface area contributed by atoms with Gasteiger partial charge in [-0.15, -0.1) is 0 Å². The molecule has 2 aromatic carbocycles. The van der Waals surface area contributed by atoms with Gasteiger partial charge in [-0.05, 0) is 65.9 Å². The van der Waals surface area contributed by atoms with E-state index in [0.717, 1.165) is 17.0 Å². The fourth-order valence-corrected chi connectivity index (χ4v) is 2.34. The first-order valence-electron chi connectivity index (χ1n) is 7.71. The highest BCUT2D eigenvalue weighted by Gasteiger charge is 2.07. The largest absolute Gasteiger partial charge is 0.497 e. The summed E-state index contributed by atoms with van der Waals surface area (Å²) in [5.74, 6) is 5.69. The number of methoxy groups -OCH3 is 1. The van der Waals surface area contributed by atoms with Gasteiger partial charge in [0.2, 0.25) is 5.78 Å². The summed E-state index contributed by atoms with van der Waals surface area (Å²) in [7, 11) is 1.61. The van der Waals surface area contributed by atoms with E-state index in [2.05, 4.69) is 16.8 Å². The summed E-state index contributed by atoms with van der Waals surface area (Å²) in [5, 5.41) is 10.6. The summed E-state index contributed by atoms with van der Waals surface area (Å²) in [5.41, 5.74) is 2.69. The average Bonchev–Trinajstić information content (AvgIpc) is 3.15. The Hall–Kier alpha value is -3.85. The maximum absolute atomic E-state index is 12.1. The van der Waals surface area contributed by atoms with Gasteiger partial charge in [0.1, 0.15) is 5.75 Å². The van der Waals surface area contributed by atoms with Crippen LogP contribution in [0.1, 0.15) is 16.1 Å². The lowest BCUT2D eigenvalue weighted by atomic mass is 10.1. The van der Waals surface area contributed by atoms with Crippen molar-refractivity contribution >= 4 is 11.5 Å². The molecule has 0 radical (unpaired) electrons. The zero-order chi connectivity index (χ0) is 18.5. The molecule has 0 saturated carbocycles. The molecule has 0 aliphatic rings. The minimum Gasteiger partial charge on any atom is -0.497 e. The van der Waals surface area contributed by atoms with E-state index in [-0.39, 0.29) is 5.69 Å². The molecule has 0 atom stereocenters. The Kier molecular flexibility index (Phi) is 4.81. The van der Waals surface area contributed by atoms with Gasteiger partial charge in [-0.1, -0.05) is 0 Å². The van der Waals surface area contributed by atoms with Gasteiger partial charge in [0.15, 0.2) is 0 Å². The van der Waals surface area contributed by atoms with E-state index in [9.17, 15) is 14.9 Å². The summed E-state index contributed by atoms with van der Waals surface area (Å²) in [4.78, 5) is 25.3. The Morgan fingerprint density at radius 1 is 1.04 bits per heavy atom. The Bertz CT molecular complexity index is 1010.